The maximum absolute atomic E-state index is 4.20. The van der Waals surface area contributed by atoms with Crippen molar-refractivity contribution in [2.75, 3.05) is 0 Å². The molecular weight excluding hydrogens is 174 g/mol. The van der Waals surface area contributed by atoms with Gasteiger partial charge in [-0.1, -0.05) is 30.3 Å². The van der Waals surface area contributed by atoms with Crippen molar-refractivity contribution in [2.45, 2.75) is 19.3 Å². The van der Waals surface area contributed by atoms with Gasteiger partial charge in [-0.3, -0.25) is 5.10 Å². The van der Waals surface area contributed by atoms with Crippen LogP contribution in [0, 0.1) is 0 Å². The van der Waals surface area contributed by atoms with Crippen molar-refractivity contribution in [2.24, 2.45) is 0 Å². The molecule has 0 spiro atoms. The summed E-state index contributed by atoms with van der Waals surface area (Å²) in [5.41, 5.74) is 1.12. The van der Waals surface area contributed by atoms with Crippen LogP contribution < -0.4 is 0 Å². The van der Waals surface area contributed by atoms with Crippen LogP contribution in [0.5, 0.6) is 0 Å². The smallest absolute Gasteiger partial charge is 0.137 e. The third kappa shape index (κ3) is 1.41. The number of rotatable bonds is 2. The van der Waals surface area contributed by atoms with E-state index in [0.29, 0.717) is 0 Å². The fourth-order valence-electron chi connectivity index (χ4n) is 1.50. The van der Waals surface area contributed by atoms with E-state index in [0.717, 1.165) is 5.82 Å². The predicted octanol–water partition coefficient (Wildman–Crippen LogP) is 2.13. The highest BCUT2D eigenvalue weighted by atomic mass is 15.2. The molecule has 1 heterocycles. The molecular formula is C11H13N3. The van der Waals surface area contributed by atoms with Crippen molar-refractivity contribution in [1.82, 2.24) is 15.2 Å². The summed E-state index contributed by atoms with van der Waals surface area (Å²) in [7, 11) is 0. The Hall–Kier alpha value is -1.64. The van der Waals surface area contributed by atoms with E-state index in [1.54, 1.807) is 6.33 Å². The number of hydrogen-bond donors (Lipinski definition) is 1. The Bertz CT molecular complexity index is 390. The molecule has 0 saturated heterocycles. The average molecular weight is 187 g/mol. The lowest BCUT2D eigenvalue weighted by atomic mass is 9.84. The molecule has 0 amide bonds. The topological polar surface area (TPSA) is 41.6 Å². The highest BCUT2D eigenvalue weighted by molar-refractivity contribution is 5.29. The zero-order chi connectivity index (χ0) is 10.0. The Kier molecular flexibility index (Phi) is 2.08. The van der Waals surface area contributed by atoms with Crippen molar-refractivity contribution in [3.05, 3.63) is 48.0 Å². The molecule has 14 heavy (non-hydrogen) atoms. The molecule has 1 aromatic heterocycles. The van der Waals surface area contributed by atoms with E-state index in [4.69, 9.17) is 0 Å². The van der Waals surface area contributed by atoms with Crippen LogP contribution in [0.4, 0.5) is 0 Å². The maximum Gasteiger partial charge on any atom is 0.137 e. The zero-order valence-corrected chi connectivity index (χ0v) is 8.36. The fraction of sp³-hybridized carbons (Fsp3) is 0.273. The predicted molar refractivity (Wildman–Crippen MR) is 55.0 cm³/mol. The van der Waals surface area contributed by atoms with E-state index >= 15 is 0 Å². The van der Waals surface area contributed by atoms with Gasteiger partial charge in [-0.2, -0.15) is 5.10 Å². The molecule has 1 N–H and O–H groups in total. The van der Waals surface area contributed by atoms with Gasteiger partial charge in [0.1, 0.15) is 12.2 Å². The maximum atomic E-state index is 4.20. The quantitative estimate of drug-likeness (QED) is 0.782. The summed E-state index contributed by atoms with van der Waals surface area (Å²) in [5.74, 6) is 0.892. The summed E-state index contributed by atoms with van der Waals surface area (Å²) >= 11 is 0. The van der Waals surface area contributed by atoms with E-state index in [1.165, 1.54) is 5.56 Å². The molecule has 72 valence electrons. The molecule has 0 atom stereocenters. The third-order valence-electron chi connectivity index (χ3n) is 2.50. The molecule has 0 unspecified atom stereocenters. The van der Waals surface area contributed by atoms with Gasteiger partial charge in [-0.25, -0.2) is 4.98 Å². The summed E-state index contributed by atoms with van der Waals surface area (Å²) in [6.45, 7) is 4.26. The molecule has 2 aromatic rings. The van der Waals surface area contributed by atoms with Crippen LogP contribution >= 0.6 is 0 Å². The van der Waals surface area contributed by atoms with Gasteiger partial charge in [0, 0.05) is 5.41 Å². The monoisotopic (exact) mass is 187 g/mol. The van der Waals surface area contributed by atoms with Crippen molar-refractivity contribution in [3.8, 4) is 0 Å². The standard InChI is InChI=1S/C11H13N3/c1-11(2,10-12-8-13-14-10)9-6-4-3-5-7-9/h3-8H,1-2H3,(H,12,13,14). The molecule has 0 fully saturated rings. The Labute approximate surface area is 83.2 Å². The van der Waals surface area contributed by atoms with Gasteiger partial charge < -0.3 is 0 Å². The van der Waals surface area contributed by atoms with Crippen LogP contribution in [-0.4, -0.2) is 15.2 Å². The minimum Gasteiger partial charge on any atom is -0.263 e. The van der Waals surface area contributed by atoms with Gasteiger partial charge >= 0.3 is 0 Å². The zero-order valence-electron chi connectivity index (χ0n) is 8.36. The van der Waals surface area contributed by atoms with Crippen LogP contribution in [0.15, 0.2) is 36.7 Å². The minimum atomic E-state index is -0.113. The average Bonchev–Trinajstić information content (AvgIpc) is 2.72. The molecule has 3 nitrogen and oxygen atoms in total. The van der Waals surface area contributed by atoms with Crippen LogP contribution in [0.25, 0.3) is 0 Å². The third-order valence-corrected chi connectivity index (χ3v) is 2.50. The van der Waals surface area contributed by atoms with Gasteiger partial charge in [0.2, 0.25) is 0 Å². The summed E-state index contributed by atoms with van der Waals surface area (Å²) in [4.78, 5) is 4.20. The van der Waals surface area contributed by atoms with Gasteiger partial charge in [0.15, 0.2) is 0 Å². The Morgan fingerprint density at radius 2 is 1.86 bits per heavy atom. The second kappa shape index (κ2) is 3.25. The van der Waals surface area contributed by atoms with Gasteiger partial charge in [-0.15, -0.1) is 0 Å². The van der Waals surface area contributed by atoms with Crippen molar-refractivity contribution < 1.29 is 0 Å². The van der Waals surface area contributed by atoms with Gasteiger partial charge in [0.25, 0.3) is 0 Å². The minimum absolute atomic E-state index is 0.113. The van der Waals surface area contributed by atoms with Crippen molar-refractivity contribution >= 4 is 0 Å². The van der Waals surface area contributed by atoms with Crippen LogP contribution in [0.1, 0.15) is 25.2 Å². The second-order valence-corrected chi connectivity index (χ2v) is 3.83. The van der Waals surface area contributed by atoms with E-state index in [-0.39, 0.29) is 5.41 Å². The fourth-order valence-corrected chi connectivity index (χ4v) is 1.50. The van der Waals surface area contributed by atoms with Gasteiger partial charge in [0.05, 0.1) is 0 Å². The SMILES string of the molecule is CC(C)(c1ccccc1)c1ncn[nH]1. The van der Waals surface area contributed by atoms with Crippen LogP contribution in [0.2, 0.25) is 0 Å². The lowest BCUT2D eigenvalue weighted by Crippen LogP contribution is -2.20. The van der Waals surface area contributed by atoms with Crippen LogP contribution in [-0.2, 0) is 5.41 Å². The first-order valence-electron chi connectivity index (χ1n) is 4.62. The molecule has 3 heteroatoms. The van der Waals surface area contributed by atoms with E-state index in [9.17, 15) is 0 Å². The van der Waals surface area contributed by atoms with E-state index < -0.39 is 0 Å². The second-order valence-electron chi connectivity index (χ2n) is 3.83. The summed E-state index contributed by atoms with van der Waals surface area (Å²) in [5, 5.41) is 6.79. The number of H-pyrrole nitrogens is 1. The molecule has 1 aromatic carbocycles. The summed E-state index contributed by atoms with van der Waals surface area (Å²) < 4.78 is 0. The Morgan fingerprint density at radius 3 is 2.43 bits per heavy atom. The lowest BCUT2D eigenvalue weighted by Gasteiger charge is -2.21. The largest absolute Gasteiger partial charge is 0.263 e. The van der Waals surface area contributed by atoms with E-state index in [2.05, 4.69) is 41.2 Å². The first-order valence-corrected chi connectivity index (χ1v) is 4.62. The molecule has 0 aliphatic carbocycles. The molecule has 0 radical (unpaired) electrons. The molecule has 2 rings (SSSR count). The van der Waals surface area contributed by atoms with Crippen molar-refractivity contribution in [1.29, 1.82) is 0 Å². The summed E-state index contributed by atoms with van der Waals surface area (Å²) in [6.07, 6.45) is 1.54. The number of nitrogens with zero attached hydrogens (tertiary/aromatic N) is 2. The number of aromatic amines is 1. The number of aromatic nitrogens is 3. The number of nitrogens with one attached hydrogen (secondary N) is 1. The number of hydrogen-bond acceptors (Lipinski definition) is 2. The Balaban J connectivity index is 2.43. The highest BCUT2D eigenvalue weighted by Crippen LogP contribution is 2.27. The normalized spacial score (nSPS) is 11.6. The number of benzene rings is 1. The van der Waals surface area contributed by atoms with Crippen LogP contribution in [0.3, 0.4) is 0 Å². The lowest BCUT2D eigenvalue weighted by molar-refractivity contribution is 0.593. The van der Waals surface area contributed by atoms with Gasteiger partial charge in [-0.05, 0) is 19.4 Å². The first kappa shape index (κ1) is 8.94. The Morgan fingerprint density at radius 1 is 1.14 bits per heavy atom. The van der Waals surface area contributed by atoms with E-state index in [1.807, 2.05) is 18.2 Å². The molecule has 0 saturated carbocycles. The molecule has 0 aliphatic heterocycles. The molecule has 0 aliphatic rings. The highest BCUT2D eigenvalue weighted by Gasteiger charge is 2.25. The summed E-state index contributed by atoms with van der Waals surface area (Å²) in [6, 6.07) is 10.3. The first-order chi connectivity index (χ1) is 6.71. The molecule has 0 bridgehead atoms. The van der Waals surface area contributed by atoms with Crippen molar-refractivity contribution in [3.63, 3.8) is 0 Å².